The minimum Gasteiger partial charge on any atom is -0.383 e. The zero-order valence-electron chi connectivity index (χ0n) is 17.9. The number of carbonyl (C=O) groups excluding carboxylic acids is 1. The normalized spacial score (nSPS) is 12.7. The number of hydrogen-bond donors (Lipinski definition) is 3. The first-order chi connectivity index (χ1) is 13.3. The van der Waals surface area contributed by atoms with Crippen molar-refractivity contribution in [1.29, 1.82) is 0 Å². The van der Waals surface area contributed by atoms with Gasteiger partial charge in [0.2, 0.25) is 5.91 Å². The predicted molar refractivity (Wildman–Crippen MR) is 114 cm³/mol. The van der Waals surface area contributed by atoms with Gasteiger partial charge in [0, 0.05) is 32.8 Å². The molecule has 0 spiro atoms. The summed E-state index contributed by atoms with van der Waals surface area (Å²) in [5.74, 6) is -0.122. The molecular formula is C20H35N6O2+. The molecule has 8 heteroatoms. The predicted octanol–water partition coefficient (Wildman–Crippen LogP) is 2.90. The van der Waals surface area contributed by atoms with E-state index in [2.05, 4.69) is 20.9 Å². The minimum atomic E-state index is -0.122. The molecule has 0 bridgehead atoms. The van der Waals surface area contributed by atoms with Crippen LogP contribution in [0.4, 0.5) is 17.1 Å². The van der Waals surface area contributed by atoms with E-state index < -0.39 is 0 Å². The molecule has 4 N–H and O–H groups in total. The maximum Gasteiger partial charge on any atom is 0.221 e. The molecule has 1 aromatic carbocycles. The Kier molecular flexibility index (Phi) is 10.8. The highest BCUT2D eigenvalue weighted by molar-refractivity contribution is 5.90. The summed E-state index contributed by atoms with van der Waals surface area (Å²) < 4.78 is 5.57. The highest BCUT2D eigenvalue weighted by Crippen LogP contribution is 2.29. The van der Waals surface area contributed by atoms with Crippen LogP contribution in [0.25, 0.3) is 0 Å². The van der Waals surface area contributed by atoms with E-state index in [9.17, 15) is 4.79 Å². The average Bonchev–Trinajstić information content (AvgIpc) is 2.64. The second-order valence-electron chi connectivity index (χ2n) is 6.80. The molecule has 1 unspecified atom stereocenters. The van der Waals surface area contributed by atoms with E-state index in [1.807, 2.05) is 75.7 Å². The SMILES string of the molecule is C[NH2+]/C=C\N(C)C(C)N=Nc1cc(NC(C)=O)ccc1NCCCOC(C)C. The van der Waals surface area contributed by atoms with E-state index in [4.69, 9.17) is 4.74 Å². The molecule has 0 aromatic heterocycles. The van der Waals surface area contributed by atoms with Gasteiger partial charge in [-0.15, -0.1) is 0 Å². The maximum absolute atomic E-state index is 11.4. The van der Waals surface area contributed by atoms with Gasteiger partial charge in [0.15, 0.2) is 0 Å². The fourth-order valence-electron chi connectivity index (χ4n) is 2.23. The van der Waals surface area contributed by atoms with Crippen molar-refractivity contribution in [1.82, 2.24) is 4.90 Å². The van der Waals surface area contributed by atoms with Gasteiger partial charge in [-0.3, -0.25) is 4.79 Å². The summed E-state index contributed by atoms with van der Waals surface area (Å²) in [7, 11) is 3.92. The summed E-state index contributed by atoms with van der Waals surface area (Å²) in [6, 6.07) is 5.58. The Bertz CT molecular complexity index is 660. The Hall–Kier alpha value is -2.45. The number of nitrogens with two attached hydrogens (primary N) is 1. The highest BCUT2D eigenvalue weighted by Gasteiger charge is 2.07. The molecule has 1 rings (SSSR count). The summed E-state index contributed by atoms with van der Waals surface area (Å²) in [5, 5.41) is 17.0. The third kappa shape index (κ3) is 9.48. The van der Waals surface area contributed by atoms with Crippen molar-refractivity contribution in [2.24, 2.45) is 10.2 Å². The molecule has 1 atom stereocenters. The van der Waals surface area contributed by atoms with Crippen molar-refractivity contribution in [2.75, 3.05) is 37.9 Å². The van der Waals surface area contributed by atoms with Gasteiger partial charge in [-0.2, -0.15) is 10.2 Å². The average molecular weight is 392 g/mol. The molecular weight excluding hydrogens is 356 g/mol. The van der Waals surface area contributed by atoms with Gasteiger partial charge in [-0.1, -0.05) is 0 Å². The molecule has 1 amide bonds. The number of nitrogens with zero attached hydrogens (tertiary/aromatic N) is 3. The van der Waals surface area contributed by atoms with Crippen LogP contribution in [0.15, 0.2) is 40.8 Å². The lowest BCUT2D eigenvalue weighted by molar-refractivity contribution is -0.557. The number of anilines is 2. The quantitative estimate of drug-likeness (QED) is 0.377. The Morgan fingerprint density at radius 2 is 2.11 bits per heavy atom. The molecule has 1 aromatic rings. The van der Waals surface area contributed by atoms with Gasteiger partial charge in [0.05, 0.1) is 25.0 Å². The first-order valence-corrected chi connectivity index (χ1v) is 9.69. The Morgan fingerprint density at radius 3 is 2.75 bits per heavy atom. The van der Waals surface area contributed by atoms with Crippen molar-refractivity contribution in [2.45, 2.75) is 46.4 Å². The van der Waals surface area contributed by atoms with Crippen molar-refractivity contribution < 1.29 is 14.8 Å². The van der Waals surface area contributed by atoms with Crippen LogP contribution in [0.3, 0.4) is 0 Å². The van der Waals surface area contributed by atoms with E-state index in [0.29, 0.717) is 18.0 Å². The van der Waals surface area contributed by atoms with Gasteiger partial charge in [0.25, 0.3) is 0 Å². The molecule has 0 aliphatic rings. The van der Waals surface area contributed by atoms with Crippen LogP contribution >= 0.6 is 0 Å². The molecule has 0 heterocycles. The first kappa shape index (κ1) is 23.6. The summed E-state index contributed by atoms with van der Waals surface area (Å²) >= 11 is 0. The third-order valence-electron chi connectivity index (χ3n) is 3.84. The first-order valence-electron chi connectivity index (χ1n) is 9.69. The summed E-state index contributed by atoms with van der Waals surface area (Å²) in [4.78, 5) is 13.3. The van der Waals surface area contributed by atoms with Gasteiger partial charge in [0.1, 0.15) is 18.1 Å². The summed E-state index contributed by atoms with van der Waals surface area (Å²) in [5.41, 5.74) is 2.24. The molecule has 0 radical (unpaired) electrons. The van der Waals surface area contributed by atoms with Crippen molar-refractivity contribution >= 4 is 23.0 Å². The molecule has 0 saturated heterocycles. The lowest BCUT2D eigenvalue weighted by Gasteiger charge is -2.17. The van der Waals surface area contributed by atoms with Crippen LogP contribution < -0.4 is 16.0 Å². The van der Waals surface area contributed by atoms with Gasteiger partial charge in [-0.25, -0.2) is 0 Å². The second kappa shape index (κ2) is 12.9. The van der Waals surface area contributed by atoms with Crippen LogP contribution in [0.1, 0.15) is 34.1 Å². The topological polar surface area (TPSA) is 94.9 Å². The minimum absolute atomic E-state index is 0.118. The van der Waals surface area contributed by atoms with E-state index in [1.165, 1.54) is 6.92 Å². The largest absolute Gasteiger partial charge is 0.383 e. The lowest BCUT2D eigenvalue weighted by atomic mass is 10.2. The zero-order chi connectivity index (χ0) is 20.9. The summed E-state index contributed by atoms with van der Waals surface area (Å²) in [6.45, 7) is 8.97. The summed E-state index contributed by atoms with van der Waals surface area (Å²) in [6.07, 6.45) is 4.91. The number of quaternary nitrogens is 1. The standard InChI is InChI=1S/C20H34N6O2/c1-15(2)28-13-7-10-22-19-9-8-18(23-17(4)27)14-20(19)25-24-16(3)26(6)12-11-21-5/h8-9,11-12,14-16,21-22H,7,10,13H2,1-6H3,(H,23,27)/p+1/b12-11-,25-24?. The van der Waals surface area contributed by atoms with Gasteiger partial charge < -0.3 is 25.6 Å². The number of ether oxygens (including phenoxy) is 1. The van der Waals surface area contributed by atoms with E-state index in [-0.39, 0.29) is 18.2 Å². The molecule has 0 fully saturated rings. The van der Waals surface area contributed by atoms with E-state index in [0.717, 1.165) is 18.7 Å². The lowest BCUT2D eigenvalue weighted by Crippen LogP contribution is -2.72. The maximum atomic E-state index is 11.4. The number of amides is 1. The Labute approximate surface area is 168 Å². The molecule has 156 valence electrons. The van der Waals surface area contributed by atoms with E-state index >= 15 is 0 Å². The Balaban J connectivity index is 2.86. The van der Waals surface area contributed by atoms with Crippen molar-refractivity contribution in [3.63, 3.8) is 0 Å². The van der Waals surface area contributed by atoms with Crippen LogP contribution in [0.2, 0.25) is 0 Å². The molecule has 28 heavy (non-hydrogen) atoms. The van der Waals surface area contributed by atoms with Crippen LogP contribution in [-0.4, -0.2) is 50.3 Å². The van der Waals surface area contributed by atoms with Crippen LogP contribution in [0, 0.1) is 0 Å². The molecule has 0 aliphatic carbocycles. The number of hydrogen-bond acceptors (Lipinski definition) is 6. The fourth-order valence-corrected chi connectivity index (χ4v) is 2.23. The number of benzene rings is 1. The number of nitrogens with one attached hydrogen (secondary N) is 2. The second-order valence-corrected chi connectivity index (χ2v) is 6.80. The third-order valence-corrected chi connectivity index (χ3v) is 3.84. The number of azo groups is 1. The van der Waals surface area contributed by atoms with Crippen molar-refractivity contribution in [3.05, 3.63) is 30.6 Å². The monoisotopic (exact) mass is 391 g/mol. The van der Waals surface area contributed by atoms with Crippen LogP contribution in [-0.2, 0) is 9.53 Å². The van der Waals surface area contributed by atoms with Gasteiger partial charge >= 0.3 is 0 Å². The number of rotatable bonds is 12. The van der Waals surface area contributed by atoms with Crippen molar-refractivity contribution in [3.8, 4) is 0 Å². The Morgan fingerprint density at radius 1 is 1.36 bits per heavy atom. The molecule has 8 nitrogen and oxygen atoms in total. The molecule has 0 saturated carbocycles. The van der Waals surface area contributed by atoms with Gasteiger partial charge in [-0.05, 0) is 45.4 Å². The van der Waals surface area contributed by atoms with E-state index in [1.54, 1.807) is 0 Å². The van der Waals surface area contributed by atoms with Crippen LogP contribution in [0.5, 0.6) is 0 Å². The fraction of sp³-hybridized carbons (Fsp3) is 0.550. The zero-order valence-corrected chi connectivity index (χ0v) is 17.9. The smallest absolute Gasteiger partial charge is 0.221 e. The highest BCUT2D eigenvalue weighted by atomic mass is 16.5. The molecule has 0 aliphatic heterocycles. The number of carbonyl (C=O) groups is 1.